The van der Waals surface area contributed by atoms with Crippen LogP contribution in [0.25, 0.3) is 21.7 Å². The highest BCUT2D eigenvalue weighted by atomic mass is 32.1. The minimum atomic E-state index is -0.706. The first-order chi connectivity index (χ1) is 21.9. The summed E-state index contributed by atoms with van der Waals surface area (Å²) in [4.78, 5) is 19.7. The van der Waals surface area contributed by atoms with E-state index in [1.807, 2.05) is 5.38 Å². The summed E-state index contributed by atoms with van der Waals surface area (Å²) in [6.45, 7) is 3.36. The maximum absolute atomic E-state index is 16.0. The highest BCUT2D eigenvalue weighted by Crippen LogP contribution is 2.43. The van der Waals surface area contributed by atoms with Gasteiger partial charge in [0.1, 0.15) is 18.5 Å². The lowest BCUT2D eigenvalue weighted by Gasteiger charge is -2.28. The van der Waals surface area contributed by atoms with Crippen molar-refractivity contribution in [2.75, 3.05) is 59.0 Å². The number of methoxy groups -OCH3 is 2. The monoisotopic (exact) mass is 633 g/mol. The van der Waals surface area contributed by atoms with Gasteiger partial charge in [-0.2, -0.15) is 0 Å². The second-order valence-corrected chi connectivity index (χ2v) is 11.3. The van der Waals surface area contributed by atoms with Crippen molar-refractivity contribution in [2.24, 2.45) is 0 Å². The van der Waals surface area contributed by atoms with Gasteiger partial charge in [-0.15, -0.1) is 11.3 Å². The van der Waals surface area contributed by atoms with Crippen molar-refractivity contribution in [3.05, 3.63) is 76.9 Å². The quantitative estimate of drug-likeness (QED) is 0.189. The average molecular weight is 634 g/mol. The molecule has 1 amide bonds. The van der Waals surface area contributed by atoms with Crippen LogP contribution >= 0.6 is 11.3 Å². The van der Waals surface area contributed by atoms with E-state index < -0.39 is 11.9 Å². The van der Waals surface area contributed by atoms with Gasteiger partial charge in [-0.05, 0) is 53.2 Å². The van der Waals surface area contributed by atoms with Crippen LogP contribution in [0.2, 0.25) is 0 Å². The zero-order chi connectivity index (χ0) is 31.3. The Morgan fingerprint density at radius 2 is 1.87 bits per heavy atom. The molecule has 1 atom stereocenters. The molecule has 5 aromatic rings. The number of carbonyl (C=O) groups excluding carboxylic acids is 1. The van der Waals surface area contributed by atoms with Crippen LogP contribution < -0.4 is 24.3 Å². The molecule has 3 aromatic carbocycles. The Morgan fingerprint density at radius 1 is 1.04 bits per heavy atom. The van der Waals surface area contributed by atoms with Crippen molar-refractivity contribution in [1.29, 1.82) is 0 Å². The average Bonchev–Trinajstić information content (AvgIpc) is 3.61. The van der Waals surface area contributed by atoms with Gasteiger partial charge in [0.2, 0.25) is 5.75 Å². The molecule has 1 aliphatic rings. The van der Waals surface area contributed by atoms with Crippen LogP contribution in [0.4, 0.5) is 10.1 Å². The van der Waals surface area contributed by atoms with Gasteiger partial charge >= 0.3 is 0 Å². The number of fused-ring (bicyclic) bond motifs is 2. The Balaban J connectivity index is 1.25. The van der Waals surface area contributed by atoms with Crippen LogP contribution in [0.1, 0.15) is 9.67 Å². The molecule has 3 heterocycles. The molecule has 1 fully saturated rings. The largest absolute Gasteiger partial charge is 0.493 e. The molecule has 1 aliphatic heterocycles. The predicted molar refractivity (Wildman–Crippen MR) is 170 cm³/mol. The van der Waals surface area contributed by atoms with E-state index in [1.165, 1.54) is 25.6 Å². The topological polar surface area (TPSA) is 112 Å². The molecular formula is C33H32FN3O7S. The number of β-amino-alcohol motifs (C(OH)–C–C–N with tert-alkyl or cyclic N) is 1. The molecule has 10 nitrogen and oxygen atoms in total. The SMILES string of the molecule is COc1cc2c(Oc3c(OC)cc4cc(NC(=O)c5cccs5)ccc4c3F)ccnc2cc1OC[C@H](O)CN1CCOCC1. The number of anilines is 1. The molecule has 0 spiro atoms. The zero-order valence-corrected chi connectivity index (χ0v) is 25.6. The number of hydrogen-bond donors (Lipinski definition) is 2. The maximum Gasteiger partial charge on any atom is 0.265 e. The van der Waals surface area contributed by atoms with Crippen LogP contribution in [0.5, 0.6) is 28.7 Å². The lowest BCUT2D eigenvalue weighted by molar-refractivity contribution is 0.00446. The molecule has 2 aromatic heterocycles. The van der Waals surface area contributed by atoms with Gasteiger partial charge in [-0.3, -0.25) is 14.7 Å². The van der Waals surface area contributed by atoms with E-state index in [1.54, 1.807) is 60.8 Å². The minimum Gasteiger partial charge on any atom is -0.493 e. The maximum atomic E-state index is 16.0. The summed E-state index contributed by atoms with van der Waals surface area (Å²) in [6.07, 6.45) is 0.845. The van der Waals surface area contributed by atoms with Crippen LogP contribution in [0, 0.1) is 5.82 Å². The minimum absolute atomic E-state index is 0.0638. The fraction of sp³-hybridized carbons (Fsp3) is 0.273. The summed E-state index contributed by atoms with van der Waals surface area (Å²) in [5.74, 6) is 0.357. The number of carbonyl (C=O) groups is 1. The predicted octanol–water partition coefficient (Wildman–Crippen LogP) is 5.72. The van der Waals surface area contributed by atoms with Crippen molar-refractivity contribution in [2.45, 2.75) is 6.10 Å². The number of aliphatic hydroxyl groups excluding tert-OH is 1. The van der Waals surface area contributed by atoms with Gasteiger partial charge in [0.15, 0.2) is 23.1 Å². The molecule has 0 unspecified atom stereocenters. The van der Waals surface area contributed by atoms with Crippen molar-refractivity contribution >= 4 is 44.6 Å². The fourth-order valence-electron chi connectivity index (χ4n) is 5.16. The van der Waals surface area contributed by atoms with E-state index >= 15 is 4.39 Å². The normalized spacial score (nSPS) is 14.3. The van der Waals surface area contributed by atoms with Gasteiger partial charge in [-0.1, -0.05) is 6.07 Å². The molecule has 45 heavy (non-hydrogen) atoms. The standard InChI is InChI=1S/C33H32FN3O7S/c1-40-27-16-24-25(17-28(27)43-19-22(38)18-37-9-11-42-12-10-37)35-8-7-26(24)44-32-29(41-2)15-20-14-21(5-6-23(20)31(32)34)36-33(39)30-4-3-13-45-30/h3-8,13-17,22,38H,9-12,18-19H2,1-2H3,(H,36,39)/t22-/m1/s1. The van der Waals surface area contributed by atoms with E-state index in [0.29, 0.717) is 69.2 Å². The first kappa shape index (κ1) is 30.5. The smallest absolute Gasteiger partial charge is 0.265 e. The molecule has 1 saturated heterocycles. The molecule has 6 rings (SSSR count). The van der Waals surface area contributed by atoms with E-state index in [-0.39, 0.29) is 24.0 Å². The summed E-state index contributed by atoms with van der Waals surface area (Å²) < 4.78 is 44.6. The summed E-state index contributed by atoms with van der Waals surface area (Å²) in [6, 6.07) is 15.1. The molecule has 2 N–H and O–H groups in total. The van der Waals surface area contributed by atoms with Crippen molar-refractivity contribution in [1.82, 2.24) is 9.88 Å². The number of amides is 1. The second-order valence-electron chi connectivity index (χ2n) is 10.4. The number of hydrogen-bond acceptors (Lipinski definition) is 10. The van der Waals surface area contributed by atoms with Gasteiger partial charge in [0.05, 0.1) is 37.8 Å². The number of rotatable bonds is 11. The fourth-order valence-corrected chi connectivity index (χ4v) is 5.78. The third-order valence-corrected chi connectivity index (χ3v) is 8.29. The number of ether oxygens (including phenoxy) is 5. The highest BCUT2D eigenvalue weighted by Gasteiger charge is 2.21. The number of aromatic nitrogens is 1. The highest BCUT2D eigenvalue weighted by molar-refractivity contribution is 7.12. The van der Waals surface area contributed by atoms with Gasteiger partial charge in [-0.25, -0.2) is 4.39 Å². The van der Waals surface area contributed by atoms with Crippen LogP contribution in [-0.4, -0.2) is 80.7 Å². The number of nitrogens with one attached hydrogen (secondary N) is 1. The molecule has 0 radical (unpaired) electrons. The van der Waals surface area contributed by atoms with Crippen LogP contribution in [-0.2, 0) is 4.74 Å². The lowest BCUT2D eigenvalue weighted by Crippen LogP contribution is -2.42. The zero-order valence-electron chi connectivity index (χ0n) is 24.7. The first-order valence-corrected chi connectivity index (χ1v) is 15.2. The van der Waals surface area contributed by atoms with Crippen molar-refractivity contribution in [3.63, 3.8) is 0 Å². The molecule has 12 heteroatoms. The Hall–Kier alpha value is -4.49. The van der Waals surface area contributed by atoms with Crippen LogP contribution in [0.15, 0.2) is 66.2 Å². The summed E-state index contributed by atoms with van der Waals surface area (Å²) in [5, 5.41) is 16.6. The Kier molecular flexibility index (Phi) is 9.26. The molecule has 0 aliphatic carbocycles. The van der Waals surface area contributed by atoms with Gasteiger partial charge < -0.3 is 34.1 Å². The van der Waals surface area contributed by atoms with Crippen molar-refractivity contribution < 1.29 is 38.0 Å². The second kappa shape index (κ2) is 13.7. The summed E-state index contributed by atoms with van der Waals surface area (Å²) >= 11 is 1.34. The first-order valence-electron chi connectivity index (χ1n) is 14.3. The van der Waals surface area contributed by atoms with E-state index in [2.05, 4.69) is 15.2 Å². The Morgan fingerprint density at radius 3 is 2.62 bits per heavy atom. The van der Waals surface area contributed by atoms with Gasteiger partial charge in [0.25, 0.3) is 5.91 Å². The summed E-state index contributed by atoms with van der Waals surface area (Å²) in [7, 11) is 2.94. The molecule has 234 valence electrons. The van der Waals surface area contributed by atoms with Crippen LogP contribution in [0.3, 0.4) is 0 Å². The Bertz CT molecular complexity index is 1810. The third-order valence-electron chi connectivity index (χ3n) is 7.42. The number of morpholine rings is 1. The number of benzene rings is 3. The molecule has 0 saturated carbocycles. The number of aliphatic hydroxyl groups is 1. The van der Waals surface area contributed by atoms with E-state index in [4.69, 9.17) is 23.7 Å². The molecule has 0 bridgehead atoms. The summed E-state index contributed by atoms with van der Waals surface area (Å²) in [5.41, 5.74) is 1.05. The lowest BCUT2D eigenvalue weighted by atomic mass is 10.1. The number of thiophene rings is 1. The van der Waals surface area contributed by atoms with E-state index in [9.17, 15) is 9.90 Å². The van der Waals surface area contributed by atoms with Crippen molar-refractivity contribution in [3.8, 4) is 28.7 Å². The number of halogens is 1. The van der Waals surface area contributed by atoms with E-state index in [0.717, 1.165) is 13.1 Å². The third kappa shape index (κ3) is 6.79. The van der Waals surface area contributed by atoms with Gasteiger partial charge in [0, 0.05) is 48.4 Å². The Labute approximate surface area is 262 Å². The number of nitrogens with zero attached hydrogens (tertiary/aromatic N) is 2. The number of pyridine rings is 1. The molecular weight excluding hydrogens is 601 g/mol.